The van der Waals surface area contributed by atoms with Gasteiger partial charge in [-0.15, -0.1) is 11.3 Å². The number of benzene rings is 1. The van der Waals surface area contributed by atoms with Gasteiger partial charge in [0.1, 0.15) is 6.04 Å². The van der Waals surface area contributed by atoms with Crippen LogP contribution in [0.4, 0.5) is 0 Å². The summed E-state index contributed by atoms with van der Waals surface area (Å²) in [7, 11) is 1.24. The van der Waals surface area contributed by atoms with E-state index >= 15 is 0 Å². The average Bonchev–Trinajstić information content (AvgIpc) is 3.47. The van der Waals surface area contributed by atoms with E-state index in [-0.39, 0.29) is 17.9 Å². The predicted molar refractivity (Wildman–Crippen MR) is 130 cm³/mol. The topological polar surface area (TPSA) is 87.7 Å². The summed E-state index contributed by atoms with van der Waals surface area (Å²) < 4.78 is 5.28. The SMILES string of the molecule is COC(=O)C(CNC(=O)c1ccc(Cl)s1)NC(=O)c1ccc(C(C)(C)CN2CCCC2)cc1. The number of halogens is 1. The number of hydrogen-bond acceptors (Lipinski definition) is 6. The summed E-state index contributed by atoms with van der Waals surface area (Å²) in [5.41, 5.74) is 1.54. The lowest BCUT2D eigenvalue weighted by Crippen LogP contribution is -2.48. The Balaban J connectivity index is 1.61. The zero-order valence-corrected chi connectivity index (χ0v) is 20.7. The van der Waals surface area contributed by atoms with Gasteiger partial charge in [0, 0.05) is 24.1 Å². The van der Waals surface area contributed by atoms with E-state index in [4.69, 9.17) is 16.3 Å². The van der Waals surface area contributed by atoms with Crippen LogP contribution < -0.4 is 10.6 Å². The molecule has 2 amide bonds. The van der Waals surface area contributed by atoms with Crippen LogP contribution >= 0.6 is 22.9 Å². The monoisotopic (exact) mass is 491 g/mol. The lowest BCUT2D eigenvalue weighted by Gasteiger charge is -2.30. The first-order valence-electron chi connectivity index (χ1n) is 10.9. The Morgan fingerprint density at radius 2 is 1.76 bits per heavy atom. The number of nitrogens with one attached hydrogen (secondary N) is 2. The molecule has 1 aromatic carbocycles. The first-order valence-corrected chi connectivity index (χ1v) is 12.1. The number of carbonyl (C=O) groups is 3. The van der Waals surface area contributed by atoms with E-state index in [1.165, 1.54) is 20.0 Å². The number of nitrogens with zero attached hydrogens (tertiary/aromatic N) is 1. The molecule has 2 heterocycles. The molecule has 7 nitrogen and oxygen atoms in total. The molecule has 2 N–H and O–H groups in total. The van der Waals surface area contributed by atoms with Crippen molar-refractivity contribution in [3.8, 4) is 0 Å². The lowest BCUT2D eigenvalue weighted by molar-refractivity contribution is -0.142. The molecule has 178 valence electrons. The number of ether oxygens (including phenoxy) is 1. The van der Waals surface area contributed by atoms with E-state index in [0.29, 0.717) is 14.8 Å². The zero-order chi connectivity index (χ0) is 24.0. The second-order valence-corrected chi connectivity index (χ2v) is 10.5. The molecule has 9 heteroatoms. The van der Waals surface area contributed by atoms with Gasteiger partial charge in [-0.25, -0.2) is 4.79 Å². The van der Waals surface area contributed by atoms with Gasteiger partial charge in [-0.2, -0.15) is 0 Å². The van der Waals surface area contributed by atoms with Gasteiger partial charge < -0.3 is 20.3 Å². The zero-order valence-electron chi connectivity index (χ0n) is 19.2. The third-order valence-corrected chi connectivity index (χ3v) is 7.03. The van der Waals surface area contributed by atoms with E-state index in [1.54, 1.807) is 24.3 Å². The molecular formula is C24H30ClN3O4S. The highest BCUT2D eigenvalue weighted by molar-refractivity contribution is 7.18. The van der Waals surface area contributed by atoms with Crippen LogP contribution in [0.1, 0.15) is 52.3 Å². The Bertz CT molecular complexity index is 984. The molecule has 1 aromatic heterocycles. The third kappa shape index (κ3) is 6.79. The second-order valence-electron chi connectivity index (χ2n) is 8.81. The van der Waals surface area contributed by atoms with Crippen molar-refractivity contribution in [1.29, 1.82) is 0 Å². The van der Waals surface area contributed by atoms with Gasteiger partial charge in [0.15, 0.2) is 0 Å². The first-order chi connectivity index (χ1) is 15.7. The predicted octanol–water partition coefficient (Wildman–Crippen LogP) is 3.48. The highest BCUT2D eigenvalue weighted by Gasteiger charge is 2.27. The minimum Gasteiger partial charge on any atom is -0.467 e. The summed E-state index contributed by atoms with van der Waals surface area (Å²) in [6.07, 6.45) is 2.50. The number of likely N-dealkylation sites (tertiary alicyclic amines) is 1. The second kappa shape index (κ2) is 11.1. The summed E-state index contributed by atoms with van der Waals surface area (Å²) in [5, 5.41) is 5.29. The lowest BCUT2D eigenvalue weighted by atomic mass is 9.83. The summed E-state index contributed by atoms with van der Waals surface area (Å²) in [5.74, 6) is -1.43. The van der Waals surface area contributed by atoms with Crippen LogP contribution in [0.25, 0.3) is 0 Å². The molecule has 0 bridgehead atoms. The van der Waals surface area contributed by atoms with Crippen molar-refractivity contribution in [2.75, 3.05) is 33.3 Å². The molecule has 1 aliphatic rings. The molecule has 0 aliphatic carbocycles. The van der Waals surface area contributed by atoms with Gasteiger partial charge in [0.25, 0.3) is 11.8 Å². The Morgan fingerprint density at radius 3 is 2.33 bits per heavy atom. The molecule has 1 saturated heterocycles. The van der Waals surface area contributed by atoms with E-state index < -0.39 is 17.9 Å². The quantitative estimate of drug-likeness (QED) is 0.524. The van der Waals surface area contributed by atoms with E-state index in [9.17, 15) is 14.4 Å². The standard InChI is InChI=1S/C24H30ClN3O4S/c1-24(2,15-28-12-4-5-13-28)17-8-6-16(7-9-17)21(29)27-18(23(31)32-3)14-26-22(30)19-10-11-20(25)33-19/h6-11,18H,4-5,12-15H2,1-3H3,(H,26,30)(H,27,29). The van der Waals surface area contributed by atoms with E-state index in [2.05, 4.69) is 29.4 Å². The van der Waals surface area contributed by atoms with Crippen molar-refractivity contribution in [1.82, 2.24) is 15.5 Å². The largest absolute Gasteiger partial charge is 0.467 e. The number of esters is 1. The Labute approximate surface area is 203 Å². The molecule has 3 rings (SSSR count). The van der Waals surface area contributed by atoms with Gasteiger partial charge in [-0.05, 0) is 55.8 Å². The fourth-order valence-corrected chi connectivity index (χ4v) is 4.92. The first kappa shape index (κ1) is 25.2. The molecule has 2 aromatic rings. The maximum atomic E-state index is 12.8. The van der Waals surface area contributed by atoms with Crippen LogP contribution in [0.5, 0.6) is 0 Å². The molecule has 1 fully saturated rings. The molecular weight excluding hydrogens is 462 g/mol. The summed E-state index contributed by atoms with van der Waals surface area (Å²) >= 11 is 7.00. The third-order valence-electron chi connectivity index (χ3n) is 5.80. The normalized spacial score (nSPS) is 15.2. The fourth-order valence-electron chi connectivity index (χ4n) is 3.96. The highest BCUT2D eigenvalue weighted by atomic mass is 35.5. The smallest absolute Gasteiger partial charge is 0.330 e. The van der Waals surface area contributed by atoms with Crippen LogP contribution in [0.15, 0.2) is 36.4 Å². The fraction of sp³-hybridized carbons (Fsp3) is 0.458. The highest BCUT2D eigenvalue weighted by Crippen LogP contribution is 2.26. The maximum absolute atomic E-state index is 12.8. The van der Waals surface area contributed by atoms with Crippen LogP contribution in [0.3, 0.4) is 0 Å². The number of amides is 2. The Hall–Kier alpha value is -2.42. The average molecular weight is 492 g/mol. The van der Waals surface area contributed by atoms with Gasteiger partial charge >= 0.3 is 5.97 Å². The number of hydrogen-bond donors (Lipinski definition) is 2. The van der Waals surface area contributed by atoms with Crippen molar-refractivity contribution in [3.05, 3.63) is 56.7 Å². The Kier molecular flexibility index (Phi) is 8.51. The molecule has 0 saturated carbocycles. The number of carbonyl (C=O) groups excluding carboxylic acids is 3. The van der Waals surface area contributed by atoms with Crippen molar-refractivity contribution in [3.63, 3.8) is 0 Å². The molecule has 1 unspecified atom stereocenters. The van der Waals surface area contributed by atoms with Gasteiger partial charge in [0.05, 0.1) is 16.3 Å². The van der Waals surface area contributed by atoms with Gasteiger partial charge in [0.2, 0.25) is 0 Å². The van der Waals surface area contributed by atoms with Crippen molar-refractivity contribution >= 4 is 40.7 Å². The van der Waals surface area contributed by atoms with E-state index in [0.717, 1.165) is 36.5 Å². The summed E-state index contributed by atoms with van der Waals surface area (Å²) in [4.78, 5) is 40.1. The van der Waals surface area contributed by atoms with E-state index in [1.807, 2.05) is 12.1 Å². The minimum atomic E-state index is -1.02. The minimum absolute atomic E-state index is 0.0388. The maximum Gasteiger partial charge on any atom is 0.330 e. The Morgan fingerprint density at radius 1 is 1.09 bits per heavy atom. The summed E-state index contributed by atoms with van der Waals surface area (Å²) in [6.45, 7) is 7.55. The van der Waals surface area contributed by atoms with Crippen molar-refractivity contribution < 1.29 is 19.1 Å². The van der Waals surface area contributed by atoms with Crippen LogP contribution in [0, 0.1) is 0 Å². The molecule has 1 atom stereocenters. The van der Waals surface area contributed by atoms with Gasteiger partial charge in [-0.1, -0.05) is 37.6 Å². The molecule has 33 heavy (non-hydrogen) atoms. The van der Waals surface area contributed by atoms with Gasteiger partial charge in [-0.3, -0.25) is 9.59 Å². The molecule has 1 aliphatic heterocycles. The molecule has 0 radical (unpaired) electrons. The van der Waals surface area contributed by atoms with Crippen LogP contribution in [-0.2, 0) is 14.9 Å². The van der Waals surface area contributed by atoms with Crippen molar-refractivity contribution in [2.45, 2.75) is 38.1 Å². The van der Waals surface area contributed by atoms with Crippen molar-refractivity contribution in [2.24, 2.45) is 0 Å². The number of rotatable bonds is 9. The number of thiophene rings is 1. The van der Waals surface area contributed by atoms with Crippen LogP contribution in [0.2, 0.25) is 4.34 Å². The number of methoxy groups -OCH3 is 1. The summed E-state index contributed by atoms with van der Waals surface area (Å²) in [6, 6.07) is 9.64. The molecule has 0 spiro atoms. The van der Waals surface area contributed by atoms with Crippen LogP contribution in [-0.4, -0.2) is 62.0 Å².